The fourth-order valence-corrected chi connectivity index (χ4v) is 6.83. The van der Waals surface area contributed by atoms with Crippen molar-refractivity contribution in [3.05, 3.63) is 34.8 Å². The zero-order valence-electron chi connectivity index (χ0n) is 15.6. The van der Waals surface area contributed by atoms with Crippen molar-refractivity contribution in [2.75, 3.05) is 0 Å². The Hall–Kier alpha value is -1.40. The van der Waals surface area contributed by atoms with Gasteiger partial charge in [-0.3, -0.25) is 4.79 Å². The lowest BCUT2D eigenvalue weighted by molar-refractivity contribution is -0.142. The van der Waals surface area contributed by atoms with Gasteiger partial charge in [0.1, 0.15) is 5.78 Å². The molecular weight excluding hydrogens is 310 g/mol. The topological polar surface area (TPSA) is 41.7 Å². The van der Waals surface area contributed by atoms with E-state index in [-0.39, 0.29) is 16.7 Å². The maximum atomic E-state index is 13.4. The predicted octanol–water partition coefficient (Wildman–Crippen LogP) is 4.68. The summed E-state index contributed by atoms with van der Waals surface area (Å²) in [5.74, 6) is 1.47. The van der Waals surface area contributed by atoms with Crippen LogP contribution in [-0.2, 0) is 4.79 Å². The molecule has 4 rings (SSSR count). The minimum atomic E-state index is -0.715. The van der Waals surface area contributed by atoms with E-state index in [9.17, 15) is 9.90 Å². The Morgan fingerprint density at radius 1 is 1.20 bits per heavy atom. The quantitative estimate of drug-likeness (QED) is 0.514. The third-order valence-corrected chi connectivity index (χ3v) is 8.13. The Morgan fingerprint density at radius 2 is 1.96 bits per heavy atom. The predicted molar refractivity (Wildman–Crippen MR) is 97.4 cm³/mol. The highest BCUT2D eigenvalue weighted by atomic mass is 16.3. The molecule has 4 aliphatic carbocycles. The lowest BCUT2D eigenvalue weighted by Gasteiger charge is -2.57. The van der Waals surface area contributed by atoms with Gasteiger partial charge in [-0.2, -0.15) is 0 Å². The smallest absolute Gasteiger partial charge is 0.154 e. The van der Waals surface area contributed by atoms with Crippen molar-refractivity contribution in [3.63, 3.8) is 0 Å². The summed E-state index contributed by atoms with van der Waals surface area (Å²) in [6, 6.07) is 0. The van der Waals surface area contributed by atoms with E-state index in [1.165, 1.54) is 11.1 Å². The molecule has 3 fully saturated rings. The monoisotopic (exact) mass is 339 g/mol. The zero-order chi connectivity index (χ0) is 18.0. The second-order valence-electron chi connectivity index (χ2n) is 9.61. The maximum absolute atomic E-state index is 13.4. The zero-order valence-corrected chi connectivity index (χ0v) is 15.6. The molecule has 0 bridgehead atoms. The second-order valence-corrected chi connectivity index (χ2v) is 9.61. The SMILES string of the molecule is [C-]#[N+]/C=C1/CC[C@H]2[C@@H]3CCC4=C[C@](C)(O)CC[C@]4(C)[C@H]3C(=O)C[C@]12C. The van der Waals surface area contributed by atoms with Gasteiger partial charge in [-0.15, -0.1) is 0 Å². The summed E-state index contributed by atoms with van der Waals surface area (Å²) < 4.78 is 0. The molecule has 3 saturated carbocycles. The van der Waals surface area contributed by atoms with Crippen LogP contribution in [-0.4, -0.2) is 16.5 Å². The van der Waals surface area contributed by atoms with Gasteiger partial charge >= 0.3 is 0 Å². The van der Waals surface area contributed by atoms with Gasteiger partial charge in [-0.05, 0) is 68.1 Å². The average molecular weight is 339 g/mol. The van der Waals surface area contributed by atoms with Crippen molar-refractivity contribution in [2.24, 2.45) is 28.6 Å². The Kier molecular flexibility index (Phi) is 3.61. The molecule has 3 heteroatoms. The number of hydrogen-bond donors (Lipinski definition) is 1. The van der Waals surface area contributed by atoms with Gasteiger partial charge in [-0.1, -0.05) is 31.1 Å². The molecule has 0 aromatic rings. The van der Waals surface area contributed by atoms with Crippen LogP contribution in [0.3, 0.4) is 0 Å². The lowest BCUT2D eigenvalue weighted by atomic mass is 9.46. The van der Waals surface area contributed by atoms with Crippen LogP contribution in [0.25, 0.3) is 4.85 Å². The summed E-state index contributed by atoms with van der Waals surface area (Å²) in [7, 11) is 0. The number of allylic oxidation sites excluding steroid dienone is 2. The number of rotatable bonds is 0. The molecule has 0 aromatic carbocycles. The molecule has 0 unspecified atom stereocenters. The van der Waals surface area contributed by atoms with Crippen molar-refractivity contribution >= 4 is 5.78 Å². The molecule has 0 aliphatic heterocycles. The van der Waals surface area contributed by atoms with Crippen LogP contribution in [0.1, 0.15) is 65.7 Å². The van der Waals surface area contributed by atoms with Gasteiger partial charge in [-0.25, -0.2) is 4.85 Å². The number of ketones is 1. The minimum Gasteiger partial charge on any atom is -0.386 e. The minimum absolute atomic E-state index is 0.0736. The highest BCUT2D eigenvalue weighted by Gasteiger charge is 2.61. The molecule has 4 aliphatic rings. The summed E-state index contributed by atoms with van der Waals surface area (Å²) in [6.07, 6.45) is 10.2. The van der Waals surface area contributed by atoms with Crippen LogP contribution >= 0.6 is 0 Å². The Balaban J connectivity index is 1.74. The Labute approximate surface area is 151 Å². The Bertz CT molecular complexity index is 725. The van der Waals surface area contributed by atoms with Crippen LogP contribution in [0.4, 0.5) is 0 Å². The molecule has 25 heavy (non-hydrogen) atoms. The van der Waals surface area contributed by atoms with Crippen molar-refractivity contribution in [2.45, 2.75) is 71.3 Å². The summed E-state index contributed by atoms with van der Waals surface area (Å²) >= 11 is 0. The normalized spacial score (nSPS) is 50.5. The van der Waals surface area contributed by atoms with E-state index < -0.39 is 5.60 Å². The molecule has 0 amide bonds. The number of hydrogen-bond acceptors (Lipinski definition) is 2. The van der Waals surface area contributed by atoms with Crippen LogP contribution < -0.4 is 0 Å². The van der Waals surface area contributed by atoms with E-state index in [1.807, 2.05) is 6.92 Å². The standard InChI is InChI=1S/C22H29NO2/c1-20(25)9-10-21(2)14(11-20)5-7-16-17-8-6-15(13-23-4)22(17,3)12-18(24)19(16)21/h11,13,16-17,19,25H,5-10,12H2,1-3H3/b15-13-/t16-,17-,19+,20+,21-,22+/m0/s1. The van der Waals surface area contributed by atoms with E-state index in [0.717, 1.165) is 38.5 Å². The van der Waals surface area contributed by atoms with E-state index >= 15 is 0 Å². The van der Waals surface area contributed by atoms with Gasteiger partial charge in [0.15, 0.2) is 6.20 Å². The highest BCUT2D eigenvalue weighted by Crippen LogP contribution is 2.65. The maximum Gasteiger partial charge on any atom is 0.154 e. The van der Waals surface area contributed by atoms with Crippen LogP contribution in [0.2, 0.25) is 0 Å². The summed E-state index contributed by atoms with van der Waals surface area (Å²) in [6.45, 7) is 13.6. The lowest BCUT2D eigenvalue weighted by Crippen LogP contribution is -2.54. The van der Waals surface area contributed by atoms with Crippen molar-refractivity contribution in [1.82, 2.24) is 0 Å². The van der Waals surface area contributed by atoms with Crippen molar-refractivity contribution in [3.8, 4) is 0 Å². The number of carbonyl (C=O) groups excluding carboxylic acids is 1. The van der Waals surface area contributed by atoms with E-state index in [1.54, 1.807) is 6.20 Å². The number of fused-ring (bicyclic) bond motifs is 5. The third kappa shape index (κ3) is 2.30. The summed E-state index contributed by atoms with van der Waals surface area (Å²) in [5, 5.41) is 10.5. The first-order valence-corrected chi connectivity index (χ1v) is 9.75. The van der Waals surface area contributed by atoms with Gasteiger partial charge in [0, 0.05) is 12.3 Å². The average Bonchev–Trinajstić information content (AvgIpc) is 2.84. The molecule has 1 N–H and O–H groups in total. The molecule has 134 valence electrons. The first-order chi connectivity index (χ1) is 11.7. The highest BCUT2D eigenvalue weighted by molar-refractivity contribution is 5.85. The molecule has 0 spiro atoms. The van der Waals surface area contributed by atoms with Gasteiger partial charge < -0.3 is 5.11 Å². The largest absolute Gasteiger partial charge is 0.386 e. The van der Waals surface area contributed by atoms with Gasteiger partial charge in [0.05, 0.1) is 12.2 Å². The van der Waals surface area contributed by atoms with E-state index in [0.29, 0.717) is 24.0 Å². The van der Waals surface area contributed by atoms with Gasteiger partial charge in [0.25, 0.3) is 0 Å². The fourth-order valence-electron chi connectivity index (χ4n) is 6.83. The number of nitrogens with zero attached hydrogens (tertiary/aromatic N) is 1. The van der Waals surface area contributed by atoms with Crippen molar-refractivity contribution < 1.29 is 9.90 Å². The van der Waals surface area contributed by atoms with Crippen LogP contribution in [0, 0.1) is 35.2 Å². The first kappa shape index (κ1) is 17.0. The van der Waals surface area contributed by atoms with Crippen LogP contribution in [0.5, 0.6) is 0 Å². The fraction of sp³-hybridized carbons (Fsp3) is 0.727. The van der Waals surface area contributed by atoms with Gasteiger partial charge in [0.2, 0.25) is 0 Å². The number of aliphatic hydroxyl groups is 1. The summed E-state index contributed by atoms with van der Waals surface area (Å²) in [4.78, 5) is 16.9. The Morgan fingerprint density at radius 3 is 2.68 bits per heavy atom. The molecule has 6 atom stereocenters. The molecular formula is C22H29NO2. The molecule has 0 saturated heterocycles. The third-order valence-electron chi connectivity index (χ3n) is 8.13. The number of carbonyl (C=O) groups is 1. The molecule has 3 nitrogen and oxygen atoms in total. The van der Waals surface area contributed by atoms with Crippen LogP contribution in [0.15, 0.2) is 23.4 Å². The van der Waals surface area contributed by atoms with E-state index in [2.05, 4.69) is 24.8 Å². The number of Topliss-reactive ketones (excluding diaryl/α,β-unsaturated/α-hetero) is 1. The molecule has 0 aromatic heterocycles. The summed E-state index contributed by atoms with van der Waals surface area (Å²) in [5.41, 5.74) is 1.64. The molecule has 0 heterocycles. The van der Waals surface area contributed by atoms with E-state index in [4.69, 9.17) is 6.57 Å². The first-order valence-electron chi connectivity index (χ1n) is 9.75. The molecule has 0 radical (unpaired) electrons. The second kappa shape index (κ2) is 5.30. The van der Waals surface area contributed by atoms with Crippen molar-refractivity contribution in [1.29, 1.82) is 0 Å².